The highest BCUT2D eigenvalue weighted by Gasteiger charge is 2.26. The summed E-state index contributed by atoms with van der Waals surface area (Å²) in [6.07, 6.45) is 3.13. The van der Waals surface area contributed by atoms with E-state index in [2.05, 4.69) is 14.9 Å². The number of hydrogen-bond donors (Lipinski definition) is 0. The molecule has 1 fully saturated rings. The zero-order valence-electron chi connectivity index (χ0n) is 16.4. The summed E-state index contributed by atoms with van der Waals surface area (Å²) in [4.78, 5) is 24.5. The van der Waals surface area contributed by atoms with Gasteiger partial charge in [-0.3, -0.25) is 0 Å². The molecule has 1 atom stereocenters. The predicted octanol–water partition coefficient (Wildman–Crippen LogP) is 3.85. The quantitative estimate of drug-likeness (QED) is 0.817. The smallest absolute Gasteiger partial charge is 0.410 e. The van der Waals surface area contributed by atoms with Crippen LogP contribution in [0.5, 0.6) is 0 Å². The SMILES string of the molecule is CN(CC1CCCN(c2ncnc3c(F)cccc23)C1)C(=O)OC(C)(C)C. The fourth-order valence-electron chi connectivity index (χ4n) is 3.50. The van der Waals surface area contributed by atoms with Crippen molar-refractivity contribution in [2.45, 2.75) is 39.2 Å². The van der Waals surface area contributed by atoms with Gasteiger partial charge in [0.25, 0.3) is 0 Å². The second-order valence-electron chi connectivity index (χ2n) is 8.15. The van der Waals surface area contributed by atoms with Crippen LogP contribution in [0.15, 0.2) is 24.5 Å². The van der Waals surface area contributed by atoms with Crippen molar-refractivity contribution >= 4 is 22.8 Å². The van der Waals surface area contributed by atoms with Gasteiger partial charge in [-0.25, -0.2) is 19.2 Å². The molecule has 1 amide bonds. The van der Waals surface area contributed by atoms with E-state index in [-0.39, 0.29) is 11.9 Å². The Morgan fingerprint density at radius 2 is 2.15 bits per heavy atom. The van der Waals surface area contributed by atoms with E-state index in [1.54, 1.807) is 18.0 Å². The largest absolute Gasteiger partial charge is 0.444 e. The van der Waals surface area contributed by atoms with E-state index < -0.39 is 5.60 Å². The zero-order chi connectivity index (χ0) is 19.6. The number of ether oxygens (including phenoxy) is 1. The van der Waals surface area contributed by atoms with Crippen molar-refractivity contribution in [2.75, 3.05) is 31.6 Å². The lowest BCUT2D eigenvalue weighted by Crippen LogP contribution is -2.43. The molecule has 0 aliphatic carbocycles. The second-order valence-corrected chi connectivity index (χ2v) is 8.15. The number of nitrogens with zero attached hydrogens (tertiary/aromatic N) is 4. The Morgan fingerprint density at radius 3 is 2.89 bits per heavy atom. The number of carbonyl (C=O) groups is 1. The highest BCUT2D eigenvalue weighted by Crippen LogP contribution is 2.28. The van der Waals surface area contributed by atoms with Crippen molar-refractivity contribution in [2.24, 2.45) is 5.92 Å². The first-order valence-electron chi connectivity index (χ1n) is 9.33. The molecule has 27 heavy (non-hydrogen) atoms. The third-order valence-electron chi connectivity index (χ3n) is 4.65. The molecule has 1 saturated heterocycles. The van der Waals surface area contributed by atoms with Crippen LogP contribution in [0.4, 0.5) is 15.0 Å². The topological polar surface area (TPSA) is 58.6 Å². The molecule has 2 heterocycles. The van der Waals surface area contributed by atoms with Gasteiger partial charge in [-0.05, 0) is 51.7 Å². The third kappa shape index (κ3) is 4.64. The molecule has 1 aromatic carbocycles. The van der Waals surface area contributed by atoms with Gasteiger partial charge in [0, 0.05) is 32.1 Å². The Bertz CT molecular complexity index is 821. The van der Waals surface area contributed by atoms with Gasteiger partial charge in [-0.2, -0.15) is 0 Å². The number of rotatable bonds is 3. The molecule has 6 nitrogen and oxygen atoms in total. The lowest BCUT2D eigenvalue weighted by molar-refractivity contribution is 0.0269. The van der Waals surface area contributed by atoms with E-state index >= 15 is 0 Å². The number of benzene rings is 1. The number of amides is 1. The Morgan fingerprint density at radius 1 is 1.37 bits per heavy atom. The maximum atomic E-state index is 14.0. The van der Waals surface area contributed by atoms with Gasteiger partial charge in [-0.1, -0.05) is 6.07 Å². The van der Waals surface area contributed by atoms with Crippen LogP contribution in [0.1, 0.15) is 33.6 Å². The van der Waals surface area contributed by atoms with Gasteiger partial charge in [0.1, 0.15) is 29.1 Å². The number of anilines is 1. The summed E-state index contributed by atoms with van der Waals surface area (Å²) in [7, 11) is 1.77. The summed E-state index contributed by atoms with van der Waals surface area (Å²) in [5.41, 5.74) is -0.163. The molecule has 0 radical (unpaired) electrons. The molecule has 0 bridgehead atoms. The normalized spacial score (nSPS) is 17.8. The lowest BCUT2D eigenvalue weighted by atomic mass is 9.97. The molecular formula is C20H27FN4O2. The Labute approximate surface area is 159 Å². The molecule has 1 aliphatic heterocycles. The van der Waals surface area contributed by atoms with E-state index in [1.807, 2.05) is 26.8 Å². The fraction of sp³-hybridized carbons (Fsp3) is 0.550. The number of halogens is 1. The molecule has 1 unspecified atom stereocenters. The molecule has 3 rings (SSSR count). The molecule has 1 aromatic heterocycles. The average molecular weight is 374 g/mol. The number of carbonyl (C=O) groups excluding carboxylic acids is 1. The van der Waals surface area contributed by atoms with Crippen molar-refractivity contribution in [1.29, 1.82) is 0 Å². The molecule has 1 aliphatic rings. The number of aromatic nitrogens is 2. The highest BCUT2D eigenvalue weighted by molar-refractivity contribution is 5.89. The van der Waals surface area contributed by atoms with Gasteiger partial charge >= 0.3 is 6.09 Å². The first-order chi connectivity index (χ1) is 12.7. The summed E-state index contributed by atoms with van der Waals surface area (Å²) < 4.78 is 19.5. The van der Waals surface area contributed by atoms with Crippen molar-refractivity contribution in [3.05, 3.63) is 30.3 Å². The van der Waals surface area contributed by atoms with Crippen LogP contribution >= 0.6 is 0 Å². The highest BCUT2D eigenvalue weighted by atomic mass is 19.1. The minimum absolute atomic E-state index is 0.301. The Kier molecular flexibility index (Phi) is 5.48. The van der Waals surface area contributed by atoms with Gasteiger partial charge in [-0.15, -0.1) is 0 Å². The van der Waals surface area contributed by atoms with Gasteiger partial charge in [0.05, 0.1) is 0 Å². The fourth-order valence-corrected chi connectivity index (χ4v) is 3.50. The van der Waals surface area contributed by atoms with Crippen molar-refractivity contribution in [3.8, 4) is 0 Å². The predicted molar refractivity (Wildman–Crippen MR) is 103 cm³/mol. The molecule has 0 spiro atoms. The van der Waals surface area contributed by atoms with E-state index in [9.17, 15) is 9.18 Å². The molecule has 7 heteroatoms. The maximum Gasteiger partial charge on any atom is 0.410 e. The maximum absolute atomic E-state index is 14.0. The summed E-state index contributed by atoms with van der Waals surface area (Å²) in [6.45, 7) is 7.81. The number of piperidine rings is 1. The first-order valence-corrected chi connectivity index (χ1v) is 9.33. The first kappa shape index (κ1) is 19.3. The summed E-state index contributed by atoms with van der Waals surface area (Å²) in [5, 5.41) is 0.721. The van der Waals surface area contributed by atoms with Crippen LogP contribution in [0.2, 0.25) is 0 Å². The molecule has 0 N–H and O–H groups in total. The number of hydrogen-bond acceptors (Lipinski definition) is 5. The Balaban J connectivity index is 1.72. The summed E-state index contributed by atoms with van der Waals surface area (Å²) >= 11 is 0. The van der Waals surface area contributed by atoms with Gasteiger partial charge in [0.2, 0.25) is 0 Å². The van der Waals surface area contributed by atoms with Crippen LogP contribution in [0, 0.1) is 11.7 Å². The van der Waals surface area contributed by atoms with Crippen LogP contribution in [-0.4, -0.2) is 53.2 Å². The van der Waals surface area contributed by atoms with E-state index in [0.717, 1.165) is 37.1 Å². The number of para-hydroxylation sites is 1. The summed E-state index contributed by atoms with van der Waals surface area (Å²) in [6, 6.07) is 4.94. The van der Waals surface area contributed by atoms with Gasteiger partial charge in [0.15, 0.2) is 0 Å². The minimum Gasteiger partial charge on any atom is -0.444 e. The van der Waals surface area contributed by atoms with Crippen LogP contribution in [-0.2, 0) is 4.74 Å². The van der Waals surface area contributed by atoms with Crippen molar-refractivity contribution in [1.82, 2.24) is 14.9 Å². The molecule has 2 aromatic rings. The summed E-state index contributed by atoms with van der Waals surface area (Å²) in [5.74, 6) is 0.716. The van der Waals surface area contributed by atoms with E-state index in [4.69, 9.17) is 4.74 Å². The molecule has 146 valence electrons. The number of fused-ring (bicyclic) bond motifs is 1. The monoisotopic (exact) mass is 374 g/mol. The van der Waals surface area contributed by atoms with Crippen LogP contribution in [0.25, 0.3) is 10.9 Å². The van der Waals surface area contributed by atoms with Crippen molar-refractivity contribution in [3.63, 3.8) is 0 Å². The third-order valence-corrected chi connectivity index (χ3v) is 4.65. The average Bonchev–Trinajstić information content (AvgIpc) is 2.60. The second kappa shape index (κ2) is 7.66. The van der Waals surface area contributed by atoms with E-state index in [0.29, 0.717) is 18.0 Å². The standard InChI is InChI=1S/C20H27FN4O2/c1-20(2,3)27-19(26)24(4)11-14-7-6-10-25(12-14)18-15-8-5-9-16(21)17(15)22-13-23-18/h5,8-9,13-14H,6-7,10-12H2,1-4H3. The van der Waals surface area contributed by atoms with E-state index in [1.165, 1.54) is 12.4 Å². The lowest BCUT2D eigenvalue weighted by Gasteiger charge is -2.36. The van der Waals surface area contributed by atoms with Gasteiger partial charge < -0.3 is 14.5 Å². The molecule has 0 saturated carbocycles. The van der Waals surface area contributed by atoms with Crippen molar-refractivity contribution < 1.29 is 13.9 Å². The zero-order valence-corrected chi connectivity index (χ0v) is 16.4. The minimum atomic E-state index is -0.506. The molecular weight excluding hydrogens is 347 g/mol. The van der Waals surface area contributed by atoms with Crippen LogP contribution < -0.4 is 4.90 Å². The van der Waals surface area contributed by atoms with Crippen LogP contribution in [0.3, 0.4) is 0 Å². The Hall–Kier alpha value is -2.44.